The largest absolute Gasteiger partial charge is 0.371 e. The van der Waals surface area contributed by atoms with Gasteiger partial charge in [-0.25, -0.2) is 9.97 Å². The maximum atomic E-state index is 4.19. The van der Waals surface area contributed by atoms with E-state index in [9.17, 15) is 0 Å². The van der Waals surface area contributed by atoms with Crippen molar-refractivity contribution in [2.75, 3.05) is 29.9 Å². The second-order valence-corrected chi connectivity index (χ2v) is 5.95. The summed E-state index contributed by atoms with van der Waals surface area (Å²) in [6, 6.07) is 10.3. The molecule has 1 aromatic carbocycles. The second kappa shape index (κ2) is 6.22. The van der Waals surface area contributed by atoms with E-state index in [1.165, 1.54) is 12.1 Å². The zero-order chi connectivity index (χ0) is 13.8. The first-order valence-electron chi connectivity index (χ1n) is 6.82. The first-order valence-corrected chi connectivity index (χ1v) is 7.62. The van der Waals surface area contributed by atoms with Crippen LogP contribution in [0.3, 0.4) is 0 Å². The van der Waals surface area contributed by atoms with Crippen LogP contribution in [0.15, 0.2) is 47.2 Å². The molecule has 1 saturated heterocycles. The van der Waals surface area contributed by atoms with E-state index >= 15 is 0 Å². The quantitative estimate of drug-likeness (QED) is 0.933. The Morgan fingerprint density at radius 3 is 2.90 bits per heavy atom. The zero-order valence-electron chi connectivity index (χ0n) is 11.2. The molecule has 0 spiro atoms. The van der Waals surface area contributed by atoms with E-state index in [-0.39, 0.29) is 0 Å². The van der Waals surface area contributed by atoms with Gasteiger partial charge in [-0.2, -0.15) is 0 Å². The lowest BCUT2D eigenvalue weighted by molar-refractivity contribution is 0.619. The summed E-state index contributed by atoms with van der Waals surface area (Å²) in [7, 11) is 0. The van der Waals surface area contributed by atoms with Crippen LogP contribution >= 0.6 is 15.9 Å². The molecular weight excluding hydrogens is 316 g/mol. The molecule has 1 unspecified atom stereocenters. The topological polar surface area (TPSA) is 41.0 Å². The van der Waals surface area contributed by atoms with Gasteiger partial charge < -0.3 is 10.2 Å². The van der Waals surface area contributed by atoms with Crippen LogP contribution in [0.25, 0.3) is 0 Å². The average Bonchev–Trinajstić information content (AvgIpc) is 2.95. The Morgan fingerprint density at radius 2 is 2.10 bits per heavy atom. The molecule has 5 heteroatoms. The van der Waals surface area contributed by atoms with Gasteiger partial charge in [0.05, 0.1) is 0 Å². The van der Waals surface area contributed by atoms with Crippen molar-refractivity contribution in [3.05, 3.63) is 47.2 Å². The summed E-state index contributed by atoms with van der Waals surface area (Å²) in [6.07, 6.45) is 4.72. The SMILES string of the molecule is Brc1cccc(N2CCC(CNc3ncccn3)C2)c1. The Balaban J connectivity index is 1.55. The first kappa shape index (κ1) is 13.4. The van der Waals surface area contributed by atoms with E-state index in [0.717, 1.165) is 24.1 Å². The van der Waals surface area contributed by atoms with E-state index in [1.807, 2.05) is 6.07 Å². The van der Waals surface area contributed by atoms with Gasteiger partial charge in [-0.1, -0.05) is 22.0 Å². The molecule has 1 N–H and O–H groups in total. The summed E-state index contributed by atoms with van der Waals surface area (Å²) in [5.41, 5.74) is 1.29. The minimum absolute atomic E-state index is 0.637. The third-order valence-corrected chi connectivity index (χ3v) is 4.07. The number of aromatic nitrogens is 2. The van der Waals surface area contributed by atoms with Crippen LogP contribution in [0.4, 0.5) is 11.6 Å². The molecule has 0 amide bonds. The number of hydrogen-bond acceptors (Lipinski definition) is 4. The van der Waals surface area contributed by atoms with Crippen molar-refractivity contribution in [1.29, 1.82) is 0 Å². The molecule has 0 bridgehead atoms. The zero-order valence-corrected chi connectivity index (χ0v) is 12.8. The van der Waals surface area contributed by atoms with Gasteiger partial charge in [-0.15, -0.1) is 0 Å². The molecule has 1 aromatic heterocycles. The highest BCUT2D eigenvalue weighted by molar-refractivity contribution is 9.10. The summed E-state index contributed by atoms with van der Waals surface area (Å²) in [5.74, 6) is 1.35. The van der Waals surface area contributed by atoms with Gasteiger partial charge in [-0.3, -0.25) is 0 Å². The molecule has 1 atom stereocenters. The van der Waals surface area contributed by atoms with Crippen LogP contribution in [-0.4, -0.2) is 29.6 Å². The van der Waals surface area contributed by atoms with Gasteiger partial charge in [0.25, 0.3) is 0 Å². The van der Waals surface area contributed by atoms with Crippen LogP contribution in [-0.2, 0) is 0 Å². The van der Waals surface area contributed by atoms with Gasteiger partial charge in [0.2, 0.25) is 5.95 Å². The van der Waals surface area contributed by atoms with Crippen molar-refractivity contribution >= 4 is 27.6 Å². The van der Waals surface area contributed by atoms with Crippen molar-refractivity contribution in [3.8, 4) is 0 Å². The molecule has 104 valence electrons. The minimum atomic E-state index is 0.637. The summed E-state index contributed by atoms with van der Waals surface area (Å²) < 4.78 is 1.13. The average molecular weight is 333 g/mol. The van der Waals surface area contributed by atoms with Gasteiger partial charge in [0, 0.05) is 42.2 Å². The number of benzene rings is 1. The maximum Gasteiger partial charge on any atom is 0.222 e. The lowest BCUT2D eigenvalue weighted by atomic mass is 10.1. The number of halogens is 1. The van der Waals surface area contributed by atoms with Crippen molar-refractivity contribution in [2.24, 2.45) is 5.92 Å². The van der Waals surface area contributed by atoms with Gasteiger partial charge in [-0.05, 0) is 36.6 Å². The number of anilines is 2. The summed E-state index contributed by atoms with van der Waals surface area (Å²) >= 11 is 3.53. The number of nitrogens with zero attached hydrogens (tertiary/aromatic N) is 3. The Kier molecular flexibility index (Phi) is 4.16. The highest BCUT2D eigenvalue weighted by atomic mass is 79.9. The maximum absolute atomic E-state index is 4.19. The second-order valence-electron chi connectivity index (χ2n) is 5.03. The van der Waals surface area contributed by atoms with E-state index < -0.39 is 0 Å². The Labute approximate surface area is 127 Å². The first-order chi connectivity index (χ1) is 9.81. The smallest absolute Gasteiger partial charge is 0.222 e. The van der Waals surface area contributed by atoms with E-state index in [1.54, 1.807) is 12.4 Å². The lowest BCUT2D eigenvalue weighted by Crippen LogP contribution is -2.22. The fourth-order valence-corrected chi connectivity index (χ4v) is 2.92. The lowest BCUT2D eigenvalue weighted by Gasteiger charge is -2.19. The monoisotopic (exact) mass is 332 g/mol. The summed E-state index contributed by atoms with van der Waals surface area (Å²) in [4.78, 5) is 10.8. The van der Waals surface area contributed by atoms with Gasteiger partial charge >= 0.3 is 0 Å². The standard InChI is InChI=1S/C15H17BrN4/c16-13-3-1-4-14(9-13)20-8-5-12(11-20)10-19-15-17-6-2-7-18-15/h1-4,6-7,9,12H,5,8,10-11H2,(H,17,18,19). The molecule has 0 radical (unpaired) electrons. The molecule has 0 aliphatic carbocycles. The van der Waals surface area contributed by atoms with E-state index in [2.05, 4.69) is 60.4 Å². The Bertz CT molecular complexity index is 561. The van der Waals surface area contributed by atoms with Crippen LogP contribution in [0.2, 0.25) is 0 Å². The predicted octanol–water partition coefficient (Wildman–Crippen LogP) is 3.18. The molecule has 1 aliphatic rings. The highest BCUT2D eigenvalue weighted by Gasteiger charge is 2.22. The van der Waals surface area contributed by atoms with Gasteiger partial charge in [0.1, 0.15) is 0 Å². The fraction of sp³-hybridized carbons (Fsp3) is 0.333. The third kappa shape index (κ3) is 3.28. The molecule has 20 heavy (non-hydrogen) atoms. The third-order valence-electron chi connectivity index (χ3n) is 3.57. The van der Waals surface area contributed by atoms with E-state index in [0.29, 0.717) is 11.9 Å². The van der Waals surface area contributed by atoms with Crippen LogP contribution in [0.1, 0.15) is 6.42 Å². The number of nitrogens with one attached hydrogen (secondary N) is 1. The normalized spacial score (nSPS) is 18.2. The fourth-order valence-electron chi connectivity index (χ4n) is 2.53. The van der Waals surface area contributed by atoms with Crippen molar-refractivity contribution in [2.45, 2.75) is 6.42 Å². The molecule has 1 fully saturated rings. The highest BCUT2D eigenvalue weighted by Crippen LogP contribution is 2.26. The van der Waals surface area contributed by atoms with Crippen LogP contribution in [0, 0.1) is 5.92 Å². The molecule has 4 nitrogen and oxygen atoms in total. The summed E-state index contributed by atoms with van der Waals surface area (Å²) in [5, 5.41) is 3.31. The van der Waals surface area contributed by atoms with Crippen LogP contribution < -0.4 is 10.2 Å². The van der Waals surface area contributed by atoms with Crippen LogP contribution in [0.5, 0.6) is 0 Å². The molecule has 2 aromatic rings. The molecule has 1 aliphatic heterocycles. The summed E-state index contributed by atoms with van der Waals surface area (Å²) in [6.45, 7) is 3.11. The van der Waals surface area contributed by atoms with Crippen molar-refractivity contribution in [3.63, 3.8) is 0 Å². The van der Waals surface area contributed by atoms with Crippen molar-refractivity contribution < 1.29 is 0 Å². The Hall–Kier alpha value is -1.62. The molecule has 2 heterocycles. The number of rotatable bonds is 4. The molecule has 3 rings (SSSR count). The predicted molar refractivity (Wildman–Crippen MR) is 85.0 cm³/mol. The van der Waals surface area contributed by atoms with E-state index in [4.69, 9.17) is 0 Å². The Morgan fingerprint density at radius 1 is 1.25 bits per heavy atom. The van der Waals surface area contributed by atoms with Crippen molar-refractivity contribution in [1.82, 2.24) is 9.97 Å². The molecule has 0 saturated carbocycles. The minimum Gasteiger partial charge on any atom is -0.371 e. The van der Waals surface area contributed by atoms with Gasteiger partial charge in [0.15, 0.2) is 0 Å². The number of hydrogen-bond donors (Lipinski definition) is 1. The molecular formula is C15H17BrN4.